The minimum atomic E-state index is -4.63. The van der Waals surface area contributed by atoms with Crippen molar-refractivity contribution < 1.29 is 27.9 Å². The molecule has 1 heterocycles. The highest BCUT2D eigenvalue weighted by Gasteiger charge is 2.35. The molecule has 0 radical (unpaired) electrons. The van der Waals surface area contributed by atoms with Gasteiger partial charge in [0.25, 0.3) is 5.91 Å². The minimum Gasteiger partial charge on any atom is -0.398 e. The zero-order valence-corrected chi connectivity index (χ0v) is 14.0. The summed E-state index contributed by atoms with van der Waals surface area (Å²) in [5.41, 5.74) is -1.20. The summed E-state index contributed by atoms with van der Waals surface area (Å²) in [6.07, 6.45) is -3.40. The first kappa shape index (κ1) is 19.4. The molecule has 26 heavy (non-hydrogen) atoms. The van der Waals surface area contributed by atoms with Crippen molar-refractivity contribution in [2.24, 2.45) is 5.16 Å². The van der Waals surface area contributed by atoms with Crippen molar-refractivity contribution in [3.8, 4) is 11.3 Å². The van der Waals surface area contributed by atoms with E-state index in [-0.39, 0.29) is 28.1 Å². The molecule has 2 N–H and O–H groups in total. The number of hydrogen-bond donors (Lipinski definition) is 2. The van der Waals surface area contributed by atoms with Gasteiger partial charge in [-0.3, -0.25) is 9.78 Å². The molecule has 138 valence electrons. The van der Waals surface area contributed by atoms with Crippen LogP contribution in [0.15, 0.2) is 41.7 Å². The molecule has 2 rings (SSSR count). The molecule has 1 amide bonds. The van der Waals surface area contributed by atoms with Crippen molar-refractivity contribution >= 4 is 11.6 Å². The molecule has 0 spiro atoms. The van der Waals surface area contributed by atoms with Crippen LogP contribution in [0.5, 0.6) is 0 Å². The lowest BCUT2D eigenvalue weighted by Crippen LogP contribution is -2.29. The van der Waals surface area contributed by atoms with Crippen LogP contribution in [0.1, 0.15) is 16.7 Å². The Balaban J connectivity index is 2.75. The van der Waals surface area contributed by atoms with Crippen molar-refractivity contribution in [3.63, 3.8) is 0 Å². The number of alkyl halides is 3. The van der Waals surface area contributed by atoms with Gasteiger partial charge in [0.15, 0.2) is 5.71 Å². The molecule has 0 aliphatic heterocycles. The van der Waals surface area contributed by atoms with Gasteiger partial charge >= 0.3 is 6.18 Å². The SMILES string of the molecule is CNC(=O)/C(=N/OC)c1cccc(-c2ncccc2C(F)(F)F)c1CO. The van der Waals surface area contributed by atoms with E-state index in [1.165, 1.54) is 44.6 Å². The third-order valence-corrected chi connectivity index (χ3v) is 3.58. The van der Waals surface area contributed by atoms with Crippen molar-refractivity contribution in [1.29, 1.82) is 0 Å². The molecule has 2 aromatic rings. The average molecular weight is 367 g/mol. The Morgan fingerprint density at radius 1 is 1.31 bits per heavy atom. The first-order valence-corrected chi connectivity index (χ1v) is 7.44. The third kappa shape index (κ3) is 3.83. The van der Waals surface area contributed by atoms with Crippen molar-refractivity contribution in [2.45, 2.75) is 12.8 Å². The third-order valence-electron chi connectivity index (χ3n) is 3.58. The van der Waals surface area contributed by atoms with E-state index in [2.05, 4.69) is 20.3 Å². The number of benzene rings is 1. The zero-order chi connectivity index (χ0) is 19.3. The monoisotopic (exact) mass is 367 g/mol. The summed E-state index contributed by atoms with van der Waals surface area (Å²) in [5.74, 6) is -0.615. The molecule has 1 aromatic carbocycles. The van der Waals surface area contributed by atoms with Crippen molar-refractivity contribution in [3.05, 3.63) is 53.2 Å². The van der Waals surface area contributed by atoms with E-state index in [1.807, 2.05) is 0 Å². The average Bonchev–Trinajstić information content (AvgIpc) is 2.64. The van der Waals surface area contributed by atoms with Gasteiger partial charge in [-0.15, -0.1) is 0 Å². The molecule has 0 bridgehead atoms. The minimum absolute atomic E-state index is 0.0469. The van der Waals surface area contributed by atoms with Gasteiger partial charge in [0.2, 0.25) is 0 Å². The molecule has 1 aromatic heterocycles. The summed E-state index contributed by atoms with van der Waals surface area (Å²) in [4.78, 5) is 20.5. The second-order valence-electron chi connectivity index (χ2n) is 5.09. The van der Waals surface area contributed by atoms with E-state index >= 15 is 0 Å². The summed E-state index contributed by atoms with van der Waals surface area (Å²) < 4.78 is 40.0. The number of likely N-dealkylation sites (N-methyl/N-ethyl adjacent to an activating group) is 1. The van der Waals surface area contributed by atoms with E-state index in [0.717, 1.165) is 6.07 Å². The number of rotatable bonds is 5. The van der Waals surface area contributed by atoms with Crippen LogP contribution in [0, 0.1) is 0 Å². The smallest absolute Gasteiger partial charge is 0.398 e. The van der Waals surface area contributed by atoms with Crippen LogP contribution in [0.3, 0.4) is 0 Å². The predicted molar refractivity (Wildman–Crippen MR) is 88.2 cm³/mol. The normalized spacial score (nSPS) is 12.0. The van der Waals surface area contributed by atoms with Gasteiger partial charge in [0.05, 0.1) is 17.9 Å². The molecule has 0 saturated carbocycles. The number of hydrogen-bond acceptors (Lipinski definition) is 5. The van der Waals surface area contributed by atoms with Crippen molar-refractivity contribution in [2.75, 3.05) is 14.2 Å². The molecule has 9 heteroatoms. The number of carbonyl (C=O) groups excluding carboxylic acids is 1. The van der Waals surface area contributed by atoms with Crippen LogP contribution in [0.25, 0.3) is 11.3 Å². The Morgan fingerprint density at radius 2 is 2.04 bits per heavy atom. The fourth-order valence-electron chi connectivity index (χ4n) is 2.47. The summed E-state index contributed by atoms with van der Waals surface area (Å²) >= 11 is 0. The van der Waals surface area contributed by atoms with Crippen LogP contribution in [-0.4, -0.2) is 35.9 Å². The van der Waals surface area contributed by atoms with Gasteiger partial charge in [0, 0.05) is 24.4 Å². The zero-order valence-electron chi connectivity index (χ0n) is 14.0. The number of oxime groups is 1. The summed E-state index contributed by atoms with van der Waals surface area (Å²) in [6.45, 7) is -0.626. The second-order valence-corrected chi connectivity index (χ2v) is 5.09. The molecule has 6 nitrogen and oxygen atoms in total. The largest absolute Gasteiger partial charge is 0.418 e. The molecule has 0 fully saturated rings. The van der Waals surface area contributed by atoms with E-state index in [9.17, 15) is 23.1 Å². The first-order valence-electron chi connectivity index (χ1n) is 7.44. The molecular formula is C17H16F3N3O3. The lowest BCUT2D eigenvalue weighted by molar-refractivity contribution is -0.137. The highest BCUT2D eigenvalue weighted by atomic mass is 19.4. The topological polar surface area (TPSA) is 83.8 Å². The van der Waals surface area contributed by atoms with Gasteiger partial charge in [-0.1, -0.05) is 23.4 Å². The second kappa shape index (κ2) is 7.96. The predicted octanol–water partition coefficient (Wildman–Crippen LogP) is 2.36. The summed E-state index contributed by atoms with van der Waals surface area (Å²) in [6, 6.07) is 6.38. The Hall–Kier alpha value is -2.94. The number of aliphatic hydroxyl groups is 1. The van der Waals surface area contributed by atoms with Crippen LogP contribution < -0.4 is 5.32 Å². The molecule has 0 aliphatic rings. The summed E-state index contributed by atoms with van der Waals surface area (Å²) in [7, 11) is 2.60. The van der Waals surface area contributed by atoms with Gasteiger partial charge in [-0.05, 0) is 17.7 Å². The Bertz CT molecular complexity index is 835. The summed E-state index contributed by atoms with van der Waals surface area (Å²) in [5, 5.41) is 15.8. The maximum Gasteiger partial charge on any atom is 0.418 e. The number of halogens is 3. The van der Waals surface area contributed by atoms with Gasteiger partial charge in [0.1, 0.15) is 7.11 Å². The van der Waals surface area contributed by atoms with E-state index in [1.54, 1.807) is 0 Å². The van der Waals surface area contributed by atoms with E-state index in [0.29, 0.717) is 0 Å². The maximum atomic E-state index is 13.3. The maximum absolute atomic E-state index is 13.3. The van der Waals surface area contributed by atoms with E-state index < -0.39 is 24.3 Å². The number of aromatic nitrogens is 1. The Kier molecular flexibility index (Phi) is 5.93. The quantitative estimate of drug-likeness (QED) is 0.628. The lowest BCUT2D eigenvalue weighted by Gasteiger charge is -2.17. The number of nitrogens with zero attached hydrogens (tertiary/aromatic N) is 2. The number of aliphatic hydroxyl groups excluding tert-OH is 1. The Morgan fingerprint density at radius 3 is 2.62 bits per heavy atom. The van der Waals surface area contributed by atoms with Crippen molar-refractivity contribution in [1.82, 2.24) is 10.3 Å². The standard InChI is InChI=1S/C17H16F3N3O3/c1-21-16(25)15(23-26-2)11-6-3-5-10(12(11)9-24)14-13(17(18,19)20)7-4-8-22-14/h3-8,24H,9H2,1-2H3,(H,21,25)/b23-15+. The highest BCUT2D eigenvalue weighted by Crippen LogP contribution is 2.37. The number of nitrogens with one attached hydrogen (secondary N) is 1. The molecular weight excluding hydrogens is 351 g/mol. The first-order chi connectivity index (χ1) is 12.3. The number of pyridine rings is 1. The van der Waals surface area contributed by atoms with Crippen LogP contribution in [0.4, 0.5) is 13.2 Å². The van der Waals surface area contributed by atoms with Gasteiger partial charge in [-0.2, -0.15) is 13.2 Å². The number of amides is 1. The molecule has 0 saturated heterocycles. The molecule has 0 aliphatic carbocycles. The lowest BCUT2D eigenvalue weighted by atomic mass is 9.93. The Labute approximate surface area is 147 Å². The highest BCUT2D eigenvalue weighted by molar-refractivity contribution is 6.45. The van der Waals surface area contributed by atoms with Crippen LogP contribution in [-0.2, 0) is 22.4 Å². The molecule has 0 atom stereocenters. The van der Waals surface area contributed by atoms with Crippen LogP contribution in [0.2, 0.25) is 0 Å². The fraction of sp³-hybridized carbons (Fsp3) is 0.235. The van der Waals surface area contributed by atoms with Crippen LogP contribution >= 0.6 is 0 Å². The number of carbonyl (C=O) groups is 1. The van der Waals surface area contributed by atoms with Gasteiger partial charge in [-0.25, -0.2) is 0 Å². The fourth-order valence-corrected chi connectivity index (χ4v) is 2.47. The van der Waals surface area contributed by atoms with Gasteiger partial charge < -0.3 is 15.3 Å². The molecule has 0 unspecified atom stereocenters. The van der Waals surface area contributed by atoms with E-state index in [4.69, 9.17) is 0 Å².